The molecule has 0 unspecified atom stereocenters. The van der Waals surface area contributed by atoms with E-state index in [1.54, 1.807) is 6.26 Å². The highest BCUT2D eigenvalue weighted by atomic mass is 35.5. The highest BCUT2D eigenvalue weighted by Gasteiger charge is 2.29. The number of nitrogens with one attached hydrogen (secondary N) is 2. The van der Waals surface area contributed by atoms with Crippen LogP contribution in [0.1, 0.15) is 30.2 Å². The fourth-order valence-electron chi connectivity index (χ4n) is 3.18. The second-order valence-electron chi connectivity index (χ2n) is 6.04. The molecular weight excluding hydrogens is 312 g/mol. The first kappa shape index (κ1) is 16.1. The van der Waals surface area contributed by atoms with Crippen LogP contribution in [0, 0.1) is 0 Å². The number of rotatable bonds is 6. The number of hydrogen-bond donors (Lipinski definition) is 2. The van der Waals surface area contributed by atoms with Gasteiger partial charge in [-0.3, -0.25) is 4.79 Å². The van der Waals surface area contributed by atoms with Crippen LogP contribution in [0.4, 0.5) is 0 Å². The molecule has 0 radical (unpaired) electrons. The van der Waals surface area contributed by atoms with Crippen LogP contribution in [0.2, 0.25) is 5.02 Å². The normalized spacial score (nSPS) is 16.4. The summed E-state index contributed by atoms with van der Waals surface area (Å²) in [5.41, 5.74) is 0.968. The molecule has 0 saturated carbocycles. The van der Waals surface area contributed by atoms with E-state index in [0.717, 1.165) is 24.4 Å². The lowest BCUT2D eigenvalue weighted by molar-refractivity contribution is -0.919. The molecule has 0 aliphatic carbocycles. The summed E-state index contributed by atoms with van der Waals surface area (Å²) >= 11 is 5.87. The average Bonchev–Trinajstić information content (AvgIpc) is 3.24. The van der Waals surface area contributed by atoms with Crippen LogP contribution in [-0.4, -0.2) is 25.5 Å². The molecule has 5 heteroatoms. The standard InChI is InChI=1S/C18H21ClN2O2/c19-15-7-5-14(6-8-15)12-18(22)20-13-16(17-4-3-11-23-17)21-9-1-2-10-21/h3-8,11,16H,1-2,9-10,12-13H2,(H,20,22)/p+1/t16-/m0/s1. The van der Waals surface area contributed by atoms with Crippen LogP contribution in [0.3, 0.4) is 0 Å². The Kier molecular flexibility index (Phi) is 5.36. The Morgan fingerprint density at radius 3 is 2.61 bits per heavy atom. The Balaban J connectivity index is 1.57. The number of amides is 1. The lowest BCUT2D eigenvalue weighted by atomic mass is 10.1. The largest absolute Gasteiger partial charge is 0.463 e. The van der Waals surface area contributed by atoms with E-state index in [-0.39, 0.29) is 11.9 Å². The summed E-state index contributed by atoms with van der Waals surface area (Å²) in [5, 5.41) is 3.74. The van der Waals surface area contributed by atoms with Crippen LogP contribution >= 0.6 is 11.6 Å². The van der Waals surface area contributed by atoms with Crippen molar-refractivity contribution in [1.82, 2.24) is 5.32 Å². The fourth-order valence-corrected chi connectivity index (χ4v) is 3.31. The van der Waals surface area contributed by atoms with Gasteiger partial charge in [-0.2, -0.15) is 0 Å². The molecule has 4 nitrogen and oxygen atoms in total. The first-order chi connectivity index (χ1) is 11.2. The summed E-state index contributed by atoms with van der Waals surface area (Å²) in [7, 11) is 0. The van der Waals surface area contributed by atoms with E-state index >= 15 is 0 Å². The van der Waals surface area contributed by atoms with Crippen molar-refractivity contribution in [2.75, 3.05) is 19.6 Å². The fraction of sp³-hybridized carbons (Fsp3) is 0.389. The van der Waals surface area contributed by atoms with Gasteiger partial charge >= 0.3 is 0 Å². The number of carbonyl (C=O) groups is 1. The maximum absolute atomic E-state index is 12.2. The van der Waals surface area contributed by atoms with Crippen LogP contribution in [0.15, 0.2) is 47.1 Å². The molecule has 23 heavy (non-hydrogen) atoms. The van der Waals surface area contributed by atoms with Crippen molar-refractivity contribution in [2.45, 2.75) is 25.3 Å². The summed E-state index contributed by atoms with van der Waals surface area (Å²) in [6.45, 7) is 2.88. The number of carbonyl (C=O) groups excluding carboxylic acids is 1. The Labute approximate surface area is 141 Å². The van der Waals surface area contributed by atoms with Crippen molar-refractivity contribution in [1.29, 1.82) is 0 Å². The number of likely N-dealkylation sites (tertiary alicyclic amines) is 1. The number of halogens is 1. The van der Waals surface area contributed by atoms with Gasteiger partial charge in [-0.15, -0.1) is 0 Å². The highest BCUT2D eigenvalue weighted by molar-refractivity contribution is 6.30. The highest BCUT2D eigenvalue weighted by Crippen LogP contribution is 2.12. The summed E-state index contributed by atoms with van der Waals surface area (Å²) in [5.74, 6) is 0.983. The van der Waals surface area contributed by atoms with Gasteiger partial charge in [0.15, 0.2) is 11.8 Å². The van der Waals surface area contributed by atoms with E-state index in [9.17, 15) is 4.79 Å². The third-order valence-corrected chi connectivity index (χ3v) is 4.66. The molecule has 3 rings (SSSR count). The molecule has 1 saturated heterocycles. The SMILES string of the molecule is O=C(Cc1ccc(Cl)cc1)NC[C@@H](c1ccco1)[NH+]1CCCC1. The zero-order valence-corrected chi connectivity index (χ0v) is 13.8. The zero-order valence-electron chi connectivity index (χ0n) is 13.1. The van der Waals surface area contributed by atoms with Gasteiger partial charge in [0, 0.05) is 17.9 Å². The quantitative estimate of drug-likeness (QED) is 0.849. The van der Waals surface area contributed by atoms with E-state index in [0.29, 0.717) is 18.0 Å². The predicted octanol–water partition coefficient (Wildman–Crippen LogP) is 2.01. The van der Waals surface area contributed by atoms with Crippen LogP contribution < -0.4 is 10.2 Å². The molecule has 1 atom stereocenters. The van der Waals surface area contributed by atoms with E-state index in [1.807, 2.05) is 36.4 Å². The minimum absolute atomic E-state index is 0.0301. The van der Waals surface area contributed by atoms with Crippen LogP contribution in [-0.2, 0) is 11.2 Å². The van der Waals surface area contributed by atoms with Gasteiger partial charge in [0.25, 0.3) is 0 Å². The summed E-state index contributed by atoms with van der Waals surface area (Å²) < 4.78 is 5.59. The van der Waals surface area contributed by atoms with E-state index < -0.39 is 0 Å². The Morgan fingerprint density at radius 2 is 1.96 bits per heavy atom. The van der Waals surface area contributed by atoms with Crippen molar-refractivity contribution >= 4 is 17.5 Å². The lowest BCUT2D eigenvalue weighted by Gasteiger charge is -2.23. The van der Waals surface area contributed by atoms with Gasteiger partial charge in [-0.1, -0.05) is 23.7 Å². The Morgan fingerprint density at radius 1 is 1.22 bits per heavy atom. The minimum Gasteiger partial charge on any atom is -0.463 e. The van der Waals surface area contributed by atoms with Crippen molar-refractivity contribution in [3.63, 3.8) is 0 Å². The first-order valence-corrected chi connectivity index (χ1v) is 8.49. The van der Waals surface area contributed by atoms with Crippen LogP contribution in [0.5, 0.6) is 0 Å². The molecule has 1 aromatic carbocycles. The molecule has 1 fully saturated rings. The smallest absolute Gasteiger partial charge is 0.224 e. The minimum atomic E-state index is 0.0301. The maximum Gasteiger partial charge on any atom is 0.224 e. The van der Waals surface area contributed by atoms with Crippen molar-refractivity contribution in [3.8, 4) is 0 Å². The molecule has 2 aromatic rings. The van der Waals surface area contributed by atoms with E-state index in [2.05, 4.69) is 5.32 Å². The average molecular weight is 334 g/mol. The molecule has 2 heterocycles. The molecule has 1 aliphatic heterocycles. The third-order valence-electron chi connectivity index (χ3n) is 4.41. The van der Waals surface area contributed by atoms with Gasteiger partial charge in [0.1, 0.15) is 0 Å². The van der Waals surface area contributed by atoms with Crippen molar-refractivity contribution in [3.05, 3.63) is 59.0 Å². The van der Waals surface area contributed by atoms with Gasteiger partial charge in [0.05, 0.1) is 32.3 Å². The summed E-state index contributed by atoms with van der Waals surface area (Å²) in [4.78, 5) is 13.7. The first-order valence-electron chi connectivity index (χ1n) is 8.11. The number of furan rings is 1. The Hall–Kier alpha value is -1.78. The third kappa shape index (κ3) is 4.36. The predicted molar refractivity (Wildman–Crippen MR) is 89.5 cm³/mol. The van der Waals surface area contributed by atoms with Gasteiger partial charge in [-0.25, -0.2) is 0 Å². The summed E-state index contributed by atoms with van der Waals surface area (Å²) in [6.07, 6.45) is 4.56. The molecule has 0 spiro atoms. The van der Waals surface area contributed by atoms with E-state index in [1.165, 1.54) is 17.7 Å². The molecule has 1 aliphatic rings. The molecule has 1 aromatic heterocycles. The summed E-state index contributed by atoms with van der Waals surface area (Å²) in [6, 6.07) is 11.5. The van der Waals surface area contributed by atoms with E-state index in [4.69, 9.17) is 16.0 Å². The van der Waals surface area contributed by atoms with Gasteiger partial charge in [0.2, 0.25) is 5.91 Å². The zero-order chi connectivity index (χ0) is 16.1. The second kappa shape index (κ2) is 7.66. The molecular formula is C18H22ClN2O2+. The molecule has 122 valence electrons. The van der Waals surface area contributed by atoms with Gasteiger partial charge in [-0.05, 0) is 29.8 Å². The van der Waals surface area contributed by atoms with Crippen molar-refractivity contribution in [2.24, 2.45) is 0 Å². The molecule has 1 amide bonds. The monoisotopic (exact) mass is 333 g/mol. The number of hydrogen-bond acceptors (Lipinski definition) is 2. The van der Waals surface area contributed by atoms with Crippen molar-refractivity contribution < 1.29 is 14.1 Å². The lowest BCUT2D eigenvalue weighted by Crippen LogP contribution is -3.11. The number of benzene rings is 1. The molecule has 2 N–H and O–H groups in total. The maximum atomic E-state index is 12.2. The van der Waals surface area contributed by atoms with Gasteiger partial charge < -0.3 is 14.6 Å². The number of quaternary nitrogens is 1. The topological polar surface area (TPSA) is 46.7 Å². The second-order valence-corrected chi connectivity index (χ2v) is 6.48. The Bertz CT molecular complexity index is 619. The van der Waals surface area contributed by atoms with Crippen LogP contribution in [0.25, 0.3) is 0 Å². The molecule has 0 bridgehead atoms.